The number of aliphatic hydroxyl groups excluding tert-OH is 1. The molecule has 2 saturated heterocycles. The monoisotopic (exact) mass is 625 g/mol. The van der Waals surface area contributed by atoms with Crippen LogP contribution in [0.5, 0.6) is 0 Å². The molecule has 0 spiro atoms. The second-order valence-electron chi connectivity index (χ2n) is 10.8. The first-order chi connectivity index (χ1) is 17.6. The van der Waals surface area contributed by atoms with Crippen molar-refractivity contribution in [3.8, 4) is 0 Å². The minimum absolute atomic E-state index is 0.0409. The fraction of sp³-hybridized carbons (Fsp3) is 0.586. The number of benzene rings is 1. The Bertz CT molecular complexity index is 1090. The summed E-state index contributed by atoms with van der Waals surface area (Å²) in [6.07, 6.45) is 12.7. The first-order valence-electron chi connectivity index (χ1n) is 13.4. The van der Waals surface area contributed by atoms with Crippen molar-refractivity contribution in [1.29, 1.82) is 0 Å². The van der Waals surface area contributed by atoms with Crippen LogP contribution in [0.1, 0.15) is 75.8 Å². The number of Topliss-reactive ketones (excluding diaryl/α,β-unsaturated/α-hetero) is 1. The quantitative estimate of drug-likeness (QED) is 0.251. The van der Waals surface area contributed by atoms with Crippen molar-refractivity contribution < 1.29 is 18.7 Å². The summed E-state index contributed by atoms with van der Waals surface area (Å²) in [4.78, 5) is 19.1. The number of halogens is 3. The molecule has 0 aliphatic carbocycles. The lowest BCUT2D eigenvalue weighted by Crippen LogP contribution is -2.55. The first kappa shape index (κ1) is 28.4. The van der Waals surface area contributed by atoms with Crippen molar-refractivity contribution in [1.82, 2.24) is 4.90 Å². The minimum atomic E-state index is -0.791. The molecular weight excluding hydrogens is 587 g/mol. The van der Waals surface area contributed by atoms with Gasteiger partial charge in [-0.25, -0.2) is 13.8 Å². The highest BCUT2D eigenvalue weighted by Gasteiger charge is 2.51. The maximum atomic E-state index is 14.0. The predicted octanol–water partition coefficient (Wildman–Crippen LogP) is 5.90. The van der Waals surface area contributed by atoms with Crippen molar-refractivity contribution in [3.63, 3.8) is 0 Å². The molecule has 3 aliphatic heterocycles. The van der Waals surface area contributed by atoms with Gasteiger partial charge in [0, 0.05) is 21.9 Å². The van der Waals surface area contributed by atoms with E-state index in [0.29, 0.717) is 55.2 Å². The van der Waals surface area contributed by atoms with Gasteiger partial charge in [-0.05, 0) is 99.6 Å². The molecule has 1 aromatic carbocycles. The number of alkyl halides is 1. The van der Waals surface area contributed by atoms with Crippen LogP contribution in [0, 0.1) is 24.5 Å². The largest absolute Gasteiger partial charge is 0.384 e. The molecule has 3 heterocycles. The van der Waals surface area contributed by atoms with E-state index in [1.54, 1.807) is 12.2 Å². The number of allylic oxidation sites excluding steroid dienone is 3. The summed E-state index contributed by atoms with van der Waals surface area (Å²) in [7, 11) is 0. The smallest absolute Gasteiger partial charge is 0.181 e. The molecule has 0 radical (unpaired) electrons. The zero-order valence-corrected chi connectivity index (χ0v) is 23.9. The van der Waals surface area contributed by atoms with Gasteiger partial charge >= 0.3 is 0 Å². The molecule has 4 unspecified atom stereocenters. The number of nitrogens with zero attached hydrogens (tertiary/aromatic N) is 2. The van der Waals surface area contributed by atoms with E-state index in [1.165, 1.54) is 12.1 Å². The number of rotatable bonds is 10. The van der Waals surface area contributed by atoms with Crippen LogP contribution >= 0.6 is 22.6 Å². The van der Waals surface area contributed by atoms with Gasteiger partial charge in [-0.2, -0.15) is 0 Å². The first-order valence-corrected chi connectivity index (χ1v) is 14.5. The Morgan fingerprint density at radius 2 is 1.95 bits per heavy atom. The van der Waals surface area contributed by atoms with Crippen LogP contribution < -0.4 is 5.73 Å². The van der Waals surface area contributed by atoms with E-state index in [0.717, 1.165) is 49.7 Å². The van der Waals surface area contributed by atoms with Gasteiger partial charge in [0.1, 0.15) is 17.8 Å². The number of aryl methyl sites for hydroxylation is 1. The van der Waals surface area contributed by atoms with Crippen molar-refractivity contribution in [2.24, 2.45) is 16.6 Å². The number of nitrogens with two attached hydrogens (primary N) is 1. The third-order valence-corrected chi connectivity index (χ3v) is 10.1. The van der Waals surface area contributed by atoms with Crippen molar-refractivity contribution >= 4 is 34.1 Å². The summed E-state index contributed by atoms with van der Waals surface area (Å²) in [5.41, 5.74) is 7.86. The normalized spacial score (nSPS) is 27.4. The topological polar surface area (TPSA) is 78.9 Å². The van der Waals surface area contributed by atoms with Gasteiger partial charge in [0.05, 0.1) is 0 Å². The average Bonchev–Trinajstić information content (AvgIpc) is 2.99. The molecule has 0 amide bonds. The molecule has 37 heavy (non-hydrogen) atoms. The highest BCUT2D eigenvalue weighted by Crippen LogP contribution is 2.51. The number of aliphatic hydroxyl groups is 1. The molecule has 1 aromatic rings. The van der Waals surface area contributed by atoms with Crippen LogP contribution in [0.15, 0.2) is 41.2 Å². The van der Waals surface area contributed by atoms with Crippen LogP contribution in [-0.4, -0.2) is 43.2 Å². The molecule has 2 fully saturated rings. The third kappa shape index (κ3) is 6.50. The van der Waals surface area contributed by atoms with Gasteiger partial charge in [0.25, 0.3) is 0 Å². The van der Waals surface area contributed by atoms with E-state index in [9.17, 15) is 18.7 Å². The Morgan fingerprint density at radius 3 is 2.62 bits per heavy atom. The van der Waals surface area contributed by atoms with E-state index in [-0.39, 0.29) is 9.20 Å². The fourth-order valence-electron chi connectivity index (χ4n) is 6.42. The van der Waals surface area contributed by atoms with E-state index < -0.39 is 17.9 Å². The minimum Gasteiger partial charge on any atom is -0.384 e. The second-order valence-corrected chi connectivity index (χ2v) is 13.0. The van der Waals surface area contributed by atoms with E-state index in [1.807, 2.05) is 13.0 Å². The highest BCUT2D eigenvalue weighted by atomic mass is 127. The molecule has 2 bridgehead atoms. The number of carbonyl (C=O) groups excluding carboxylic acids is 1. The van der Waals surface area contributed by atoms with Crippen molar-refractivity contribution in [2.45, 2.75) is 99.8 Å². The molecule has 0 saturated carbocycles. The Balaban J connectivity index is 1.35. The Kier molecular flexibility index (Phi) is 9.22. The zero-order valence-electron chi connectivity index (χ0n) is 21.7. The van der Waals surface area contributed by atoms with Crippen LogP contribution in [0.3, 0.4) is 0 Å². The summed E-state index contributed by atoms with van der Waals surface area (Å²) in [6.45, 7) is 4.03. The molecule has 8 heteroatoms. The van der Waals surface area contributed by atoms with Gasteiger partial charge in [0.15, 0.2) is 17.4 Å². The lowest BCUT2D eigenvalue weighted by molar-refractivity contribution is -0.113. The van der Waals surface area contributed by atoms with E-state index in [2.05, 4.69) is 39.4 Å². The maximum Gasteiger partial charge on any atom is 0.181 e. The van der Waals surface area contributed by atoms with Gasteiger partial charge in [-0.3, -0.25) is 9.69 Å². The average molecular weight is 626 g/mol. The van der Waals surface area contributed by atoms with Crippen LogP contribution in [0.25, 0.3) is 0 Å². The van der Waals surface area contributed by atoms with E-state index in [4.69, 9.17) is 5.73 Å². The van der Waals surface area contributed by atoms with Crippen molar-refractivity contribution in [2.75, 3.05) is 0 Å². The predicted molar refractivity (Wildman–Crippen MR) is 152 cm³/mol. The van der Waals surface area contributed by atoms with Crippen LogP contribution in [0.4, 0.5) is 8.78 Å². The molecule has 5 nitrogen and oxygen atoms in total. The Hall–Kier alpha value is -1.65. The molecule has 3 N–H and O–H groups in total. The van der Waals surface area contributed by atoms with Gasteiger partial charge in [0.2, 0.25) is 0 Å². The number of fused-ring (bicyclic) bond motifs is 2. The number of aliphatic imine (C=N–C) groups is 1. The van der Waals surface area contributed by atoms with Crippen molar-refractivity contribution in [3.05, 3.63) is 58.9 Å². The third-order valence-electron chi connectivity index (χ3n) is 8.38. The summed E-state index contributed by atoms with van der Waals surface area (Å²) in [5.74, 6) is -0.915. The number of piperidine rings is 1. The highest BCUT2D eigenvalue weighted by molar-refractivity contribution is 14.1. The van der Waals surface area contributed by atoms with E-state index >= 15 is 0 Å². The Labute approximate surface area is 232 Å². The lowest BCUT2D eigenvalue weighted by atomic mass is 9.76. The van der Waals surface area contributed by atoms with Gasteiger partial charge in [-0.15, -0.1) is 0 Å². The van der Waals surface area contributed by atoms with Crippen LogP contribution in [0.2, 0.25) is 0 Å². The maximum absolute atomic E-state index is 14.0. The molecule has 0 aromatic heterocycles. The number of hydrogen-bond acceptors (Lipinski definition) is 5. The second kappa shape index (κ2) is 12.0. The summed E-state index contributed by atoms with van der Waals surface area (Å²) >= 11 is 2.62. The zero-order chi connectivity index (χ0) is 26.7. The molecular formula is C29H38F2IN3O2. The Morgan fingerprint density at radius 1 is 1.27 bits per heavy atom. The van der Waals surface area contributed by atoms with Crippen LogP contribution in [-0.2, 0) is 11.2 Å². The fourth-order valence-corrected chi connectivity index (χ4v) is 8.09. The molecule has 4 rings (SSSR count). The lowest BCUT2D eigenvalue weighted by Gasteiger charge is -2.49. The van der Waals surface area contributed by atoms with Gasteiger partial charge in [-0.1, -0.05) is 42.0 Å². The number of ketones is 1. The summed E-state index contributed by atoms with van der Waals surface area (Å²) < 4.78 is 27.7. The van der Waals surface area contributed by atoms with Gasteiger partial charge < -0.3 is 10.8 Å². The standard InChI is InChI=1S/C29H38F2IN3O2/c1-3-20(14-19-15-24(31)23(30)13-18(19)2)29(32)16-21-11-12-22(17-29)35(21)28(37)10-6-8-26(36)25-7-4-5-9-27(33)34-25/h4,7,9,13,15,20-22,28,37H,3,5-6,8,10-12,14,16-17,33H2,1-2H3. The molecule has 4 atom stereocenters. The molecule has 3 aliphatic rings. The summed E-state index contributed by atoms with van der Waals surface area (Å²) in [5, 5.41) is 11.1. The SMILES string of the molecule is CCC(Cc1cc(F)c(F)cc1C)C1(I)CC2CCC(C1)N2C(O)CCCC(=O)C1=NC(N)=CCC=C1. The molecule has 202 valence electrons. The number of hydrogen-bond donors (Lipinski definition) is 2. The summed E-state index contributed by atoms with van der Waals surface area (Å²) in [6, 6.07) is 3.25. The number of carbonyl (C=O) groups is 1.